The maximum absolute atomic E-state index is 13.6. The molecule has 0 saturated heterocycles. The molecule has 16 heavy (non-hydrogen) atoms. The van der Waals surface area contributed by atoms with Crippen LogP contribution in [-0.4, -0.2) is 5.11 Å². The highest BCUT2D eigenvalue weighted by atomic mass is 79.9. The predicted octanol–water partition coefficient (Wildman–Crippen LogP) is 4.04. The van der Waals surface area contributed by atoms with Gasteiger partial charge in [-0.2, -0.15) is 0 Å². The molecular formula is C12H10BrFOS. The maximum Gasteiger partial charge on any atom is 0.130 e. The number of aliphatic hydroxyl groups is 1. The van der Waals surface area contributed by atoms with Crippen LogP contribution in [0.1, 0.15) is 21.4 Å². The molecule has 0 aliphatic heterocycles. The Morgan fingerprint density at radius 1 is 1.31 bits per heavy atom. The SMILES string of the molecule is Cc1ccc(C(O)c2ccc(Br)cc2F)s1. The highest BCUT2D eigenvalue weighted by Crippen LogP contribution is 2.30. The summed E-state index contributed by atoms with van der Waals surface area (Å²) in [5.74, 6) is -0.395. The lowest BCUT2D eigenvalue weighted by molar-refractivity contribution is 0.218. The van der Waals surface area contributed by atoms with E-state index in [1.54, 1.807) is 12.1 Å². The van der Waals surface area contributed by atoms with Gasteiger partial charge >= 0.3 is 0 Å². The average molecular weight is 301 g/mol. The van der Waals surface area contributed by atoms with Crippen LogP contribution in [0.4, 0.5) is 4.39 Å². The van der Waals surface area contributed by atoms with Crippen molar-refractivity contribution in [1.29, 1.82) is 0 Å². The van der Waals surface area contributed by atoms with Crippen molar-refractivity contribution < 1.29 is 9.50 Å². The number of thiophene rings is 1. The van der Waals surface area contributed by atoms with Gasteiger partial charge in [0.05, 0.1) is 0 Å². The Balaban J connectivity index is 2.37. The van der Waals surface area contributed by atoms with E-state index in [9.17, 15) is 9.50 Å². The Morgan fingerprint density at radius 3 is 2.62 bits per heavy atom. The summed E-state index contributed by atoms with van der Waals surface area (Å²) >= 11 is 4.66. The summed E-state index contributed by atoms with van der Waals surface area (Å²) in [5, 5.41) is 10.0. The third kappa shape index (κ3) is 2.34. The maximum atomic E-state index is 13.6. The van der Waals surface area contributed by atoms with E-state index in [0.29, 0.717) is 10.0 Å². The molecule has 2 rings (SSSR count). The third-order valence-corrected chi connectivity index (χ3v) is 3.83. The van der Waals surface area contributed by atoms with Crippen molar-refractivity contribution in [2.75, 3.05) is 0 Å². The monoisotopic (exact) mass is 300 g/mol. The van der Waals surface area contributed by atoms with Crippen molar-refractivity contribution in [1.82, 2.24) is 0 Å². The van der Waals surface area contributed by atoms with E-state index in [2.05, 4.69) is 15.9 Å². The Hall–Kier alpha value is -0.710. The van der Waals surface area contributed by atoms with E-state index in [4.69, 9.17) is 0 Å². The molecule has 0 saturated carbocycles. The van der Waals surface area contributed by atoms with Crippen LogP contribution in [0.15, 0.2) is 34.8 Å². The van der Waals surface area contributed by atoms with Gasteiger partial charge in [0.2, 0.25) is 0 Å². The van der Waals surface area contributed by atoms with Crippen molar-refractivity contribution in [3.05, 3.63) is 55.9 Å². The fourth-order valence-electron chi connectivity index (χ4n) is 1.48. The van der Waals surface area contributed by atoms with E-state index in [1.807, 2.05) is 19.1 Å². The zero-order chi connectivity index (χ0) is 11.7. The molecule has 0 spiro atoms. The van der Waals surface area contributed by atoms with Crippen LogP contribution in [0.3, 0.4) is 0 Å². The molecule has 0 bridgehead atoms. The van der Waals surface area contributed by atoms with Crippen LogP contribution in [0.2, 0.25) is 0 Å². The minimum absolute atomic E-state index is 0.310. The van der Waals surface area contributed by atoms with Crippen LogP contribution in [0.5, 0.6) is 0 Å². The van der Waals surface area contributed by atoms with Crippen LogP contribution in [0, 0.1) is 12.7 Å². The predicted molar refractivity (Wildman–Crippen MR) is 67.2 cm³/mol. The zero-order valence-corrected chi connectivity index (χ0v) is 11.0. The molecule has 1 unspecified atom stereocenters. The first-order chi connectivity index (χ1) is 7.58. The van der Waals surface area contributed by atoms with Crippen LogP contribution < -0.4 is 0 Å². The van der Waals surface area contributed by atoms with Gasteiger partial charge in [-0.1, -0.05) is 22.0 Å². The lowest BCUT2D eigenvalue weighted by Crippen LogP contribution is -2.00. The molecule has 2 aromatic rings. The second kappa shape index (κ2) is 4.65. The molecule has 0 aliphatic rings. The van der Waals surface area contributed by atoms with Gasteiger partial charge in [-0.05, 0) is 31.2 Å². The molecule has 1 aromatic carbocycles. The molecule has 1 nitrogen and oxygen atoms in total. The number of aryl methyl sites for hydroxylation is 1. The highest BCUT2D eigenvalue weighted by molar-refractivity contribution is 9.10. The summed E-state index contributed by atoms with van der Waals surface area (Å²) in [6.45, 7) is 1.96. The summed E-state index contributed by atoms with van der Waals surface area (Å²) in [5.41, 5.74) is 0.310. The first-order valence-corrected chi connectivity index (χ1v) is 6.38. The Labute approximate surface area is 106 Å². The second-order valence-electron chi connectivity index (χ2n) is 3.52. The van der Waals surface area contributed by atoms with Gasteiger partial charge in [-0.25, -0.2) is 4.39 Å². The van der Waals surface area contributed by atoms with E-state index < -0.39 is 11.9 Å². The van der Waals surface area contributed by atoms with Crippen LogP contribution in [-0.2, 0) is 0 Å². The van der Waals surface area contributed by atoms with E-state index in [1.165, 1.54) is 17.4 Å². The third-order valence-electron chi connectivity index (χ3n) is 2.29. The van der Waals surface area contributed by atoms with Crippen LogP contribution in [0.25, 0.3) is 0 Å². The lowest BCUT2D eigenvalue weighted by atomic mass is 10.1. The smallest absolute Gasteiger partial charge is 0.130 e. The zero-order valence-electron chi connectivity index (χ0n) is 8.58. The van der Waals surface area contributed by atoms with Crippen molar-refractivity contribution in [2.24, 2.45) is 0 Å². The van der Waals surface area contributed by atoms with E-state index in [-0.39, 0.29) is 0 Å². The number of hydrogen-bond donors (Lipinski definition) is 1. The van der Waals surface area contributed by atoms with Gasteiger partial charge in [0, 0.05) is 19.8 Å². The van der Waals surface area contributed by atoms with E-state index in [0.717, 1.165) is 9.75 Å². The van der Waals surface area contributed by atoms with Gasteiger partial charge in [-0.15, -0.1) is 11.3 Å². The minimum atomic E-state index is -0.883. The first-order valence-electron chi connectivity index (χ1n) is 4.77. The van der Waals surface area contributed by atoms with Crippen molar-refractivity contribution in [2.45, 2.75) is 13.0 Å². The summed E-state index contributed by atoms with van der Waals surface area (Å²) in [7, 11) is 0. The largest absolute Gasteiger partial charge is 0.383 e. The summed E-state index contributed by atoms with van der Waals surface area (Å²) in [6.07, 6.45) is -0.883. The van der Waals surface area contributed by atoms with Crippen molar-refractivity contribution in [3.63, 3.8) is 0 Å². The molecule has 1 aromatic heterocycles. The Morgan fingerprint density at radius 2 is 2.06 bits per heavy atom. The molecule has 4 heteroatoms. The molecule has 0 fully saturated rings. The molecule has 0 aliphatic carbocycles. The minimum Gasteiger partial charge on any atom is -0.383 e. The van der Waals surface area contributed by atoms with Gasteiger partial charge in [0.1, 0.15) is 11.9 Å². The fraction of sp³-hybridized carbons (Fsp3) is 0.167. The average Bonchev–Trinajstić information content (AvgIpc) is 2.64. The molecular weight excluding hydrogens is 291 g/mol. The molecule has 0 amide bonds. The van der Waals surface area contributed by atoms with Gasteiger partial charge in [0.15, 0.2) is 0 Å². The number of rotatable bonds is 2. The Kier molecular flexibility index (Phi) is 3.42. The summed E-state index contributed by atoms with van der Waals surface area (Å²) in [4.78, 5) is 1.87. The lowest BCUT2D eigenvalue weighted by Gasteiger charge is -2.10. The topological polar surface area (TPSA) is 20.2 Å². The number of hydrogen-bond acceptors (Lipinski definition) is 2. The van der Waals surface area contributed by atoms with Crippen molar-refractivity contribution >= 4 is 27.3 Å². The molecule has 0 radical (unpaired) electrons. The summed E-state index contributed by atoms with van der Waals surface area (Å²) < 4.78 is 14.3. The quantitative estimate of drug-likeness (QED) is 0.887. The van der Waals surface area contributed by atoms with Crippen molar-refractivity contribution in [3.8, 4) is 0 Å². The summed E-state index contributed by atoms with van der Waals surface area (Å²) in [6, 6.07) is 8.42. The van der Waals surface area contributed by atoms with Gasteiger partial charge < -0.3 is 5.11 Å². The highest BCUT2D eigenvalue weighted by Gasteiger charge is 2.16. The molecule has 1 N–H and O–H groups in total. The van der Waals surface area contributed by atoms with Crippen LogP contribution >= 0.6 is 27.3 Å². The van der Waals surface area contributed by atoms with Gasteiger partial charge in [-0.3, -0.25) is 0 Å². The number of halogens is 2. The van der Waals surface area contributed by atoms with E-state index >= 15 is 0 Å². The fourth-order valence-corrected chi connectivity index (χ4v) is 2.69. The molecule has 1 atom stereocenters. The number of aliphatic hydroxyl groups excluding tert-OH is 1. The van der Waals surface area contributed by atoms with Gasteiger partial charge in [0.25, 0.3) is 0 Å². The number of benzene rings is 1. The molecule has 84 valence electrons. The standard InChI is InChI=1S/C12H10BrFOS/c1-7-2-5-11(16-7)12(15)9-4-3-8(13)6-10(9)14/h2-6,12,15H,1H3. The Bertz CT molecular complexity index is 509. The second-order valence-corrected chi connectivity index (χ2v) is 5.75. The molecule has 1 heterocycles. The first kappa shape index (κ1) is 11.8. The normalized spacial score (nSPS) is 12.8.